The Morgan fingerprint density at radius 2 is 1.67 bits per heavy atom. The Morgan fingerprint density at radius 1 is 1.02 bits per heavy atom. The van der Waals surface area contributed by atoms with Gasteiger partial charge in [-0.25, -0.2) is 4.79 Å². The summed E-state index contributed by atoms with van der Waals surface area (Å²) in [6, 6.07) is -1.56. The van der Waals surface area contributed by atoms with Crippen LogP contribution in [0.1, 0.15) is 49.2 Å². The molecule has 1 amide bonds. The molecule has 0 saturated carbocycles. The number of benzene rings is 1. The maximum absolute atomic E-state index is 14.3. The highest BCUT2D eigenvalue weighted by atomic mass is 16.6. The summed E-state index contributed by atoms with van der Waals surface area (Å²) >= 11 is 0. The fourth-order valence-corrected chi connectivity index (χ4v) is 5.43. The number of ether oxygens (including phenoxy) is 3. The van der Waals surface area contributed by atoms with E-state index in [9.17, 15) is 34.2 Å². The van der Waals surface area contributed by atoms with Crippen molar-refractivity contribution in [2.24, 2.45) is 0 Å². The molecular formula is C30H32N2O10. The molecule has 42 heavy (non-hydrogen) atoms. The van der Waals surface area contributed by atoms with Gasteiger partial charge in [0, 0.05) is 40.1 Å². The van der Waals surface area contributed by atoms with Gasteiger partial charge in [0.1, 0.15) is 5.75 Å². The van der Waals surface area contributed by atoms with Crippen LogP contribution in [0, 0.1) is 6.92 Å². The third-order valence-electron chi connectivity index (χ3n) is 7.81. The summed E-state index contributed by atoms with van der Waals surface area (Å²) in [6.07, 6.45) is 1.10. The van der Waals surface area contributed by atoms with Crippen molar-refractivity contribution in [3.63, 3.8) is 0 Å². The van der Waals surface area contributed by atoms with Gasteiger partial charge in [-0.05, 0) is 47.7 Å². The number of phenolic OH excluding ortho intramolecular Hbond substituents is 2. The van der Waals surface area contributed by atoms with Crippen LogP contribution in [-0.4, -0.2) is 82.8 Å². The molecule has 2 unspecified atom stereocenters. The molecule has 3 aliphatic rings. The average Bonchev–Trinajstić information content (AvgIpc) is 2.94. The van der Waals surface area contributed by atoms with Gasteiger partial charge in [0.05, 0.1) is 25.4 Å². The minimum absolute atomic E-state index is 0.00407. The highest BCUT2D eigenvalue weighted by Crippen LogP contribution is 2.46. The Balaban J connectivity index is 1.87. The van der Waals surface area contributed by atoms with Crippen molar-refractivity contribution in [1.29, 1.82) is 0 Å². The van der Waals surface area contributed by atoms with Gasteiger partial charge in [0.25, 0.3) is 5.91 Å². The number of ketones is 3. The van der Waals surface area contributed by atoms with Crippen molar-refractivity contribution in [3.05, 3.63) is 62.6 Å². The van der Waals surface area contributed by atoms with E-state index in [-0.39, 0.29) is 68.5 Å². The van der Waals surface area contributed by atoms with Crippen LogP contribution in [0.25, 0.3) is 0 Å². The fourth-order valence-electron chi connectivity index (χ4n) is 5.43. The maximum Gasteiger partial charge on any atom is 0.335 e. The van der Waals surface area contributed by atoms with Crippen molar-refractivity contribution < 1.29 is 48.4 Å². The van der Waals surface area contributed by atoms with Gasteiger partial charge in [0.15, 0.2) is 34.9 Å². The lowest BCUT2D eigenvalue weighted by Gasteiger charge is -2.41. The molecule has 222 valence electrons. The van der Waals surface area contributed by atoms with E-state index in [2.05, 4.69) is 0 Å². The number of aromatic hydroxyl groups is 2. The molecular weight excluding hydrogens is 548 g/mol. The number of carbonyl (C=O) groups is 5. The molecule has 2 N–H and O–H groups in total. The summed E-state index contributed by atoms with van der Waals surface area (Å²) in [6.45, 7) is 7.32. The summed E-state index contributed by atoms with van der Waals surface area (Å²) < 4.78 is 16.1. The van der Waals surface area contributed by atoms with Crippen molar-refractivity contribution >= 4 is 29.2 Å². The Hall–Kier alpha value is -4.71. The Morgan fingerprint density at radius 3 is 2.24 bits per heavy atom. The fraction of sp³-hybridized carbons (Fsp3) is 0.367. The molecule has 1 aromatic rings. The van der Waals surface area contributed by atoms with Crippen LogP contribution in [0.3, 0.4) is 0 Å². The highest BCUT2D eigenvalue weighted by molar-refractivity contribution is 6.26. The van der Waals surface area contributed by atoms with E-state index in [4.69, 9.17) is 14.2 Å². The third-order valence-corrected chi connectivity index (χ3v) is 7.81. The number of carbonyl (C=O) groups excluding carboxylic acids is 5. The van der Waals surface area contributed by atoms with Gasteiger partial charge in [-0.3, -0.25) is 29.0 Å². The molecule has 12 heteroatoms. The van der Waals surface area contributed by atoms with Crippen molar-refractivity contribution in [3.8, 4) is 17.2 Å². The largest absolute Gasteiger partial charge is 0.507 e. The normalized spacial score (nSPS) is 21.2. The Bertz CT molecular complexity index is 1590. The zero-order valence-corrected chi connectivity index (χ0v) is 24.6. The lowest BCUT2D eigenvalue weighted by Crippen LogP contribution is -2.58. The number of phenols is 2. The summed E-state index contributed by atoms with van der Waals surface area (Å²) in [4.78, 5) is 70.3. The minimum Gasteiger partial charge on any atom is -0.507 e. The molecule has 0 aromatic heterocycles. The molecule has 0 spiro atoms. The summed E-state index contributed by atoms with van der Waals surface area (Å²) in [7, 11) is 4.00. The molecule has 0 fully saturated rings. The molecule has 0 radical (unpaired) electrons. The van der Waals surface area contributed by atoms with Gasteiger partial charge in [-0.1, -0.05) is 6.08 Å². The number of amides is 1. The van der Waals surface area contributed by atoms with E-state index in [0.29, 0.717) is 0 Å². The highest BCUT2D eigenvalue weighted by Gasteiger charge is 2.50. The SMILES string of the molecule is C/C=C(/C)C(=O)OC1C2=C(C=C(C)N1C(=O)C1C(=O)c3c(O)c(C)c(OC)c(O)c3CN1C)C(=O)C(C)=C(OC)C2=O. The number of Topliss-reactive ketones (excluding diaryl/α,β-unsaturated/α-hetero) is 3. The summed E-state index contributed by atoms with van der Waals surface area (Å²) in [5.74, 6) is -4.91. The number of fused-ring (bicyclic) bond motifs is 1. The molecule has 1 aromatic carbocycles. The smallest absolute Gasteiger partial charge is 0.335 e. The van der Waals surface area contributed by atoms with Crippen molar-refractivity contribution in [2.45, 2.75) is 53.4 Å². The van der Waals surface area contributed by atoms with E-state index in [1.54, 1.807) is 6.92 Å². The van der Waals surface area contributed by atoms with Gasteiger partial charge in [0.2, 0.25) is 12.0 Å². The van der Waals surface area contributed by atoms with Crippen LogP contribution in [0.5, 0.6) is 17.2 Å². The first-order valence-corrected chi connectivity index (χ1v) is 13.0. The zero-order valence-electron chi connectivity index (χ0n) is 24.6. The number of methoxy groups -OCH3 is 2. The lowest BCUT2D eigenvalue weighted by molar-refractivity contribution is -0.157. The van der Waals surface area contributed by atoms with Crippen LogP contribution in [0.4, 0.5) is 0 Å². The molecule has 0 saturated heterocycles. The van der Waals surface area contributed by atoms with E-state index < -0.39 is 47.2 Å². The number of allylic oxidation sites excluding steroid dienone is 6. The third kappa shape index (κ3) is 4.38. The maximum atomic E-state index is 14.3. The first-order chi connectivity index (χ1) is 19.7. The molecule has 2 aliphatic heterocycles. The second-order valence-corrected chi connectivity index (χ2v) is 10.3. The monoisotopic (exact) mass is 580 g/mol. The standard InChI is InChI=1S/C30H32N2O10/c1-9-12(2)30(39)42-29-19-16(21(33)14(4)27(41-8)25(19)37)10-13(3)32(29)28(38)20-24(36)18-17(11-31(20)6)23(35)26(40-7)15(5)22(18)34/h9-10,20,29,34-35H,11H2,1-8H3/b12-9-. The van der Waals surface area contributed by atoms with Crippen LogP contribution in [0.15, 0.2) is 45.9 Å². The molecule has 4 rings (SSSR count). The predicted molar refractivity (Wildman–Crippen MR) is 147 cm³/mol. The van der Waals surface area contributed by atoms with Crippen molar-refractivity contribution in [2.75, 3.05) is 21.3 Å². The van der Waals surface area contributed by atoms with Gasteiger partial charge in [-0.2, -0.15) is 0 Å². The first-order valence-electron chi connectivity index (χ1n) is 13.0. The number of likely N-dealkylation sites (N-methyl/N-ethyl adjacent to an activating group) is 1. The van der Waals surface area contributed by atoms with E-state index >= 15 is 0 Å². The second-order valence-electron chi connectivity index (χ2n) is 10.3. The van der Waals surface area contributed by atoms with E-state index in [0.717, 1.165) is 4.90 Å². The Labute approximate surface area is 242 Å². The molecule has 1 aliphatic carbocycles. The second kappa shape index (κ2) is 10.9. The van der Waals surface area contributed by atoms with Crippen molar-refractivity contribution in [1.82, 2.24) is 9.80 Å². The topological polar surface area (TPSA) is 160 Å². The zero-order chi connectivity index (χ0) is 31.4. The van der Waals surface area contributed by atoms with Crippen LogP contribution >= 0.6 is 0 Å². The molecule has 2 heterocycles. The van der Waals surface area contributed by atoms with Crippen LogP contribution in [0.2, 0.25) is 0 Å². The molecule has 12 nitrogen and oxygen atoms in total. The Kier molecular flexibility index (Phi) is 7.88. The van der Waals surface area contributed by atoms with Crippen LogP contribution in [-0.2, 0) is 35.2 Å². The van der Waals surface area contributed by atoms with Gasteiger partial charge in [-0.15, -0.1) is 0 Å². The molecule has 0 bridgehead atoms. The van der Waals surface area contributed by atoms with Gasteiger partial charge < -0.3 is 24.4 Å². The predicted octanol–water partition coefficient (Wildman–Crippen LogP) is 2.36. The number of hydrogen-bond donors (Lipinski definition) is 2. The molecule has 2 atom stereocenters. The number of hydrogen-bond acceptors (Lipinski definition) is 11. The van der Waals surface area contributed by atoms with E-state index in [1.165, 1.54) is 66.0 Å². The van der Waals surface area contributed by atoms with E-state index in [1.807, 2.05) is 0 Å². The minimum atomic E-state index is -1.71. The number of rotatable bonds is 5. The van der Waals surface area contributed by atoms with Crippen LogP contribution < -0.4 is 4.74 Å². The first kappa shape index (κ1) is 30.3. The quantitative estimate of drug-likeness (QED) is 0.173. The average molecular weight is 581 g/mol. The van der Waals surface area contributed by atoms with Gasteiger partial charge >= 0.3 is 5.97 Å². The summed E-state index contributed by atoms with van der Waals surface area (Å²) in [5, 5.41) is 21.7. The number of esters is 1. The number of nitrogens with zero attached hydrogens (tertiary/aromatic N) is 2. The summed E-state index contributed by atoms with van der Waals surface area (Å²) in [5.41, 5.74) is -0.0452. The lowest BCUT2D eigenvalue weighted by atomic mass is 9.84.